The molecule has 0 amide bonds. The topological polar surface area (TPSA) is 23.8 Å². The van der Waals surface area contributed by atoms with Crippen molar-refractivity contribution in [1.82, 2.24) is 0 Å². The minimum absolute atomic E-state index is 0.109. The molecule has 2 aliphatic carbocycles. The van der Waals surface area contributed by atoms with Gasteiger partial charge < -0.3 is 0 Å². The fraction of sp³-hybridized carbons (Fsp3) is 0.556. The van der Waals surface area contributed by atoms with Gasteiger partial charge in [-0.2, -0.15) is 5.26 Å². The molecule has 2 aliphatic rings. The van der Waals surface area contributed by atoms with E-state index in [1.807, 2.05) is 0 Å². The lowest BCUT2D eigenvalue weighted by Crippen LogP contribution is -2.22. The normalized spacial score (nSPS) is 22.6. The van der Waals surface area contributed by atoms with E-state index < -0.39 is 0 Å². The minimum atomic E-state index is -0.109. The van der Waals surface area contributed by atoms with Crippen LogP contribution in [-0.2, 0) is 0 Å². The fourth-order valence-electron chi connectivity index (χ4n) is 3.01. The molecule has 0 aromatic carbocycles. The molecule has 0 radical (unpaired) electrons. The van der Waals surface area contributed by atoms with Crippen LogP contribution in [0.1, 0.15) is 57.8 Å². The number of allylic oxidation sites excluding steroid dienone is 5. The first-order valence-corrected chi connectivity index (χ1v) is 7.49. The van der Waals surface area contributed by atoms with Gasteiger partial charge in [0, 0.05) is 0 Å². The first-order chi connectivity index (χ1) is 9.35. The molecule has 2 rings (SSSR count). The first-order valence-electron chi connectivity index (χ1n) is 7.49. The van der Waals surface area contributed by atoms with Gasteiger partial charge in [-0.15, -0.1) is 5.73 Å². The minimum Gasteiger partial charge on any atom is -0.198 e. The summed E-state index contributed by atoms with van der Waals surface area (Å²) in [5.74, 6) is 0. The second-order valence-corrected chi connectivity index (χ2v) is 5.70. The third-order valence-corrected chi connectivity index (χ3v) is 4.13. The highest BCUT2D eigenvalue weighted by Gasteiger charge is 2.32. The second-order valence-electron chi connectivity index (χ2n) is 5.70. The number of hydrogen-bond acceptors (Lipinski definition) is 1. The highest BCUT2D eigenvalue weighted by Crippen LogP contribution is 2.41. The molecule has 1 fully saturated rings. The Morgan fingerprint density at radius 1 is 1.05 bits per heavy atom. The Morgan fingerprint density at radius 3 is 2.58 bits per heavy atom. The van der Waals surface area contributed by atoms with Gasteiger partial charge in [0.15, 0.2) is 0 Å². The van der Waals surface area contributed by atoms with Crippen molar-refractivity contribution in [3.63, 3.8) is 0 Å². The van der Waals surface area contributed by atoms with Crippen LogP contribution in [0.25, 0.3) is 0 Å². The average molecular weight is 253 g/mol. The van der Waals surface area contributed by atoms with Gasteiger partial charge >= 0.3 is 0 Å². The van der Waals surface area contributed by atoms with Gasteiger partial charge in [-0.25, -0.2) is 0 Å². The van der Waals surface area contributed by atoms with Gasteiger partial charge in [-0.3, -0.25) is 0 Å². The molecule has 1 heteroatoms. The lowest BCUT2D eigenvalue weighted by molar-refractivity contribution is 0.264. The van der Waals surface area contributed by atoms with E-state index in [2.05, 4.69) is 42.2 Å². The van der Waals surface area contributed by atoms with Crippen LogP contribution >= 0.6 is 0 Å². The van der Waals surface area contributed by atoms with Gasteiger partial charge in [0.2, 0.25) is 0 Å². The molecular weight excluding hydrogens is 230 g/mol. The van der Waals surface area contributed by atoms with Gasteiger partial charge in [-0.05, 0) is 50.2 Å². The molecule has 1 saturated carbocycles. The summed E-state index contributed by atoms with van der Waals surface area (Å²) in [5.41, 5.74) is 4.63. The van der Waals surface area contributed by atoms with E-state index in [0.717, 1.165) is 38.5 Å². The van der Waals surface area contributed by atoms with Crippen LogP contribution in [0.2, 0.25) is 0 Å². The Hall–Kier alpha value is -1.51. The Kier molecular flexibility index (Phi) is 5.25. The average Bonchev–Trinajstić information content (AvgIpc) is 2.47. The zero-order valence-electron chi connectivity index (χ0n) is 11.7. The molecular formula is C18H23N. The maximum atomic E-state index is 9.57. The van der Waals surface area contributed by atoms with Crippen molar-refractivity contribution in [2.45, 2.75) is 57.8 Å². The quantitative estimate of drug-likeness (QED) is 0.488. The van der Waals surface area contributed by atoms with Crippen molar-refractivity contribution in [3.05, 3.63) is 41.7 Å². The molecule has 19 heavy (non-hydrogen) atoms. The monoisotopic (exact) mass is 253 g/mol. The predicted molar refractivity (Wildman–Crippen MR) is 79.5 cm³/mol. The molecule has 0 N–H and O–H groups in total. The van der Waals surface area contributed by atoms with Crippen LogP contribution in [0.5, 0.6) is 0 Å². The van der Waals surface area contributed by atoms with E-state index in [-0.39, 0.29) is 5.41 Å². The standard InChI is InChI=1S/C18H23N/c19-16-18(13-9-6-10-14-18)15-17-11-7-4-2-1-3-5-8-12-17/h1-2,5,7-8H,3-4,6,9-10,12-15H2. The van der Waals surface area contributed by atoms with Gasteiger partial charge in [-0.1, -0.05) is 43.6 Å². The SMILES string of the molecule is N#CC1(CC2=C=CCC=CCC=CC2)CCCCC1. The number of nitrogens with zero attached hydrogens (tertiary/aromatic N) is 1. The van der Waals surface area contributed by atoms with E-state index in [1.54, 1.807) is 0 Å². The van der Waals surface area contributed by atoms with Crippen molar-refractivity contribution in [2.75, 3.05) is 0 Å². The second kappa shape index (κ2) is 7.17. The third-order valence-electron chi connectivity index (χ3n) is 4.13. The molecule has 0 spiro atoms. The summed E-state index contributed by atoms with van der Waals surface area (Å²) in [6.07, 6.45) is 20.6. The molecule has 0 heterocycles. The Labute approximate surface area is 117 Å². The number of nitriles is 1. The van der Waals surface area contributed by atoms with E-state index in [0.29, 0.717) is 0 Å². The highest BCUT2D eigenvalue weighted by atomic mass is 14.4. The van der Waals surface area contributed by atoms with Crippen molar-refractivity contribution in [1.29, 1.82) is 5.26 Å². The maximum Gasteiger partial charge on any atom is 0.0693 e. The molecule has 100 valence electrons. The lowest BCUT2D eigenvalue weighted by Gasteiger charge is -2.31. The summed E-state index contributed by atoms with van der Waals surface area (Å²) in [6, 6.07) is 2.62. The molecule has 1 nitrogen and oxygen atoms in total. The maximum absolute atomic E-state index is 9.57. The van der Waals surface area contributed by atoms with Crippen LogP contribution in [0, 0.1) is 16.7 Å². The largest absolute Gasteiger partial charge is 0.198 e. The zero-order valence-corrected chi connectivity index (χ0v) is 11.7. The smallest absolute Gasteiger partial charge is 0.0693 e. The molecule has 0 aromatic rings. The predicted octanol–water partition coefficient (Wildman–Crippen LogP) is 5.23. The first kappa shape index (κ1) is 13.9. The van der Waals surface area contributed by atoms with E-state index in [9.17, 15) is 5.26 Å². The van der Waals surface area contributed by atoms with E-state index >= 15 is 0 Å². The van der Waals surface area contributed by atoms with Crippen molar-refractivity contribution >= 4 is 0 Å². The third kappa shape index (κ3) is 4.27. The molecule has 0 unspecified atom stereocenters. The molecule has 0 aliphatic heterocycles. The summed E-state index contributed by atoms with van der Waals surface area (Å²) in [5, 5.41) is 9.57. The summed E-state index contributed by atoms with van der Waals surface area (Å²) < 4.78 is 0. The lowest BCUT2D eigenvalue weighted by atomic mass is 9.71. The number of hydrogen-bond donors (Lipinski definition) is 0. The van der Waals surface area contributed by atoms with E-state index in [1.165, 1.54) is 24.8 Å². The number of rotatable bonds is 2. The summed E-state index contributed by atoms with van der Waals surface area (Å²) in [7, 11) is 0. The molecule has 0 saturated heterocycles. The van der Waals surface area contributed by atoms with Crippen molar-refractivity contribution in [3.8, 4) is 6.07 Å². The highest BCUT2D eigenvalue weighted by molar-refractivity contribution is 5.16. The Bertz CT molecular complexity index is 447. The van der Waals surface area contributed by atoms with Crippen molar-refractivity contribution < 1.29 is 0 Å². The van der Waals surface area contributed by atoms with Crippen LogP contribution < -0.4 is 0 Å². The molecule has 0 aromatic heterocycles. The van der Waals surface area contributed by atoms with Crippen LogP contribution in [0.3, 0.4) is 0 Å². The summed E-state index contributed by atoms with van der Waals surface area (Å²) in [4.78, 5) is 0. The van der Waals surface area contributed by atoms with E-state index in [4.69, 9.17) is 0 Å². The van der Waals surface area contributed by atoms with Gasteiger partial charge in [0.05, 0.1) is 11.5 Å². The van der Waals surface area contributed by atoms with Crippen LogP contribution in [0.4, 0.5) is 0 Å². The fourth-order valence-corrected chi connectivity index (χ4v) is 3.01. The Morgan fingerprint density at radius 2 is 1.79 bits per heavy atom. The van der Waals surface area contributed by atoms with Gasteiger partial charge in [0.25, 0.3) is 0 Å². The van der Waals surface area contributed by atoms with Crippen LogP contribution in [-0.4, -0.2) is 0 Å². The zero-order chi connectivity index (χ0) is 13.4. The van der Waals surface area contributed by atoms with Crippen molar-refractivity contribution in [2.24, 2.45) is 5.41 Å². The molecule has 0 atom stereocenters. The Balaban J connectivity index is 2.12. The van der Waals surface area contributed by atoms with Gasteiger partial charge in [0.1, 0.15) is 0 Å². The molecule has 0 bridgehead atoms. The summed E-state index contributed by atoms with van der Waals surface area (Å²) in [6.45, 7) is 0. The van der Waals surface area contributed by atoms with Crippen LogP contribution in [0.15, 0.2) is 41.7 Å². The summed E-state index contributed by atoms with van der Waals surface area (Å²) >= 11 is 0.